The molecule has 1 aliphatic heterocycles. The number of benzene rings is 2. The summed E-state index contributed by atoms with van der Waals surface area (Å²) in [6.45, 7) is 0.800. The van der Waals surface area contributed by atoms with E-state index in [1.54, 1.807) is 45.8 Å². The van der Waals surface area contributed by atoms with Crippen LogP contribution in [-0.2, 0) is 10.0 Å². The summed E-state index contributed by atoms with van der Waals surface area (Å²) in [5, 5.41) is 3.55. The third-order valence-electron chi connectivity index (χ3n) is 8.04. The lowest BCUT2D eigenvalue weighted by Gasteiger charge is -2.34. The van der Waals surface area contributed by atoms with Gasteiger partial charge in [-0.05, 0) is 60.9 Å². The third-order valence-corrected chi connectivity index (χ3v) is 9.54. The second-order valence-electron chi connectivity index (χ2n) is 10.8. The highest BCUT2D eigenvalue weighted by Crippen LogP contribution is 2.42. The molecule has 1 N–H and O–H groups in total. The molecule has 0 spiro atoms. The van der Waals surface area contributed by atoms with Gasteiger partial charge in [0.1, 0.15) is 33.7 Å². The fourth-order valence-electron chi connectivity index (χ4n) is 5.74. The van der Waals surface area contributed by atoms with Gasteiger partial charge in [0.25, 0.3) is 11.8 Å². The molecule has 13 heteroatoms. The van der Waals surface area contributed by atoms with E-state index in [2.05, 4.69) is 10.3 Å². The van der Waals surface area contributed by atoms with E-state index < -0.39 is 21.7 Å². The number of hydrogen-bond acceptors (Lipinski definition) is 6. The topological polar surface area (TPSA) is 117 Å². The van der Waals surface area contributed by atoms with Crippen LogP contribution in [0.5, 0.6) is 0 Å². The first-order chi connectivity index (χ1) is 21.0. The van der Waals surface area contributed by atoms with Crippen molar-refractivity contribution in [2.75, 3.05) is 37.7 Å². The molecule has 6 rings (SSSR count). The lowest BCUT2D eigenvalue weighted by molar-refractivity contribution is 0.0702. The first kappa shape index (κ1) is 29.6. The van der Waals surface area contributed by atoms with Crippen molar-refractivity contribution in [2.24, 2.45) is 0 Å². The van der Waals surface area contributed by atoms with Crippen molar-refractivity contribution in [1.82, 2.24) is 19.6 Å². The van der Waals surface area contributed by atoms with E-state index in [4.69, 9.17) is 16.0 Å². The molecule has 5 aromatic rings. The first-order valence-electron chi connectivity index (χ1n) is 13.9. The normalized spacial score (nSPS) is 15.6. The van der Waals surface area contributed by atoms with E-state index in [0.717, 1.165) is 6.26 Å². The van der Waals surface area contributed by atoms with E-state index in [0.29, 0.717) is 64.5 Å². The lowest BCUT2D eigenvalue weighted by Crippen LogP contribution is -2.39. The number of nitrogens with one attached hydrogen (secondary N) is 1. The molecule has 0 unspecified atom stereocenters. The predicted octanol–water partition coefficient (Wildman–Crippen LogP) is 5.32. The van der Waals surface area contributed by atoms with Gasteiger partial charge >= 0.3 is 0 Å². The molecular weight excluding hydrogens is 609 g/mol. The second-order valence-corrected chi connectivity index (χ2v) is 13.2. The maximum absolute atomic E-state index is 13.7. The van der Waals surface area contributed by atoms with Crippen LogP contribution in [0.3, 0.4) is 0 Å². The number of amides is 2. The van der Waals surface area contributed by atoms with Crippen LogP contribution in [0.25, 0.3) is 27.9 Å². The zero-order chi connectivity index (χ0) is 31.3. The van der Waals surface area contributed by atoms with Crippen molar-refractivity contribution in [3.8, 4) is 11.3 Å². The number of halogens is 2. The number of aromatic nitrogens is 2. The molecule has 44 heavy (non-hydrogen) atoms. The fourth-order valence-corrected chi connectivity index (χ4v) is 6.46. The summed E-state index contributed by atoms with van der Waals surface area (Å²) in [6, 6.07) is 14.2. The molecule has 1 aliphatic rings. The number of fused-ring (bicyclic) bond motifs is 2. The smallest absolute Gasteiger partial charge is 0.274 e. The highest BCUT2D eigenvalue weighted by atomic mass is 35.5. The van der Waals surface area contributed by atoms with Crippen LogP contribution in [0, 0.1) is 5.82 Å². The number of carbonyl (C=O) groups is 2. The Morgan fingerprint density at radius 1 is 1.16 bits per heavy atom. The zero-order valence-corrected chi connectivity index (χ0v) is 25.7. The Bertz CT molecular complexity index is 2040. The molecule has 0 aliphatic carbocycles. The summed E-state index contributed by atoms with van der Waals surface area (Å²) in [5.74, 6) is -1.14. The molecule has 228 valence electrons. The summed E-state index contributed by atoms with van der Waals surface area (Å²) in [5.41, 5.74) is 2.86. The van der Waals surface area contributed by atoms with Gasteiger partial charge < -0.3 is 14.6 Å². The minimum atomic E-state index is -3.69. The van der Waals surface area contributed by atoms with E-state index in [-0.39, 0.29) is 28.8 Å². The Balaban J connectivity index is 1.46. The summed E-state index contributed by atoms with van der Waals surface area (Å²) < 4.78 is 48.2. The number of hydrogen-bond donors (Lipinski definition) is 1. The molecule has 0 radical (unpaired) electrons. The molecule has 4 heterocycles. The maximum Gasteiger partial charge on any atom is 0.274 e. The van der Waals surface area contributed by atoms with Crippen LogP contribution in [0.15, 0.2) is 65.2 Å². The van der Waals surface area contributed by atoms with E-state index in [9.17, 15) is 22.4 Å². The van der Waals surface area contributed by atoms with Crippen LogP contribution in [0.1, 0.15) is 45.2 Å². The third kappa shape index (κ3) is 5.28. The molecule has 1 saturated heterocycles. The highest BCUT2D eigenvalue weighted by molar-refractivity contribution is 7.92. The van der Waals surface area contributed by atoms with Crippen molar-refractivity contribution < 1.29 is 26.8 Å². The standard InChI is InChI=1S/C31H29ClFN5O5S/c1-34-30(39)28-22-14-21(19-6-5-13-37(16-19)31(40)23-17-38-26(32)7-4-8-27(38)35-23)24(36(2)44(3,41)42)15-25(22)43-29(28)18-9-11-20(33)12-10-18/h4,7-12,14-15,17,19H,5-6,13,16H2,1-3H3,(H,34,39)/t19-/m0/s1. The Hall–Kier alpha value is -4.42. The maximum atomic E-state index is 13.7. The highest BCUT2D eigenvalue weighted by Gasteiger charge is 2.32. The monoisotopic (exact) mass is 637 g/mol. The number of likely N-dealkylation sites (tertiary alicyclic amines) is 1. The average Bonchev–Trinajstić information content (AvgIpc) is 3.62. The van der Waals surface area contributed by atoms with Crippen LogP contribution in [0.4, 0.5) is 10.1 Å². The van der Waals surface area contributed by atoms with E-state index >= 15 is 0 Å². The number of carbonyl (C=O) groups excluding carboxylic acids is 2. The van der Waals surface area contributed by atoms with Gasteiger partial charge in [-0.3, -0.25) is 18.3 Å². The average molecular weight is 638 g/mol. The largest absolute Gasteiger partial charge is 0.455 e. The molecule has 2 aromatic carbocycles. The molecule has 2 amide bonds. The summed E-state index contributed by atoms with van der Waals surface area (Å²) in [6.07, 6.45) is 4.05. The number of anilines is 1. The summed E-state index contributed by atoms with van der Waals surface area (Å²) in [7, 11) is -0.740. The van der Waals surface area contributed by atoms with Crippen LogP contribution in [-0.4, -0.2) is 68.0 Å². The lowest BCUT2D eigenvalue weighted by atomic mass is 9.88. The molecular formula is C31H29ClFN5O5S. The quantitative estimate of drug-likeness (QED) is 0.252. The van der Waals surface area contributed by atoms with Crippen molar-refractivity contribution in [3.63, 3.8) is 0 Å². The minimum absolute atomic E-state index is 0.232. The predicted molar refractivity (Wildman–Crippen MR) is 166 cm³/mol. The van der Waals surface area contributed by atoms with E-state index in [1.165, 1.54) is 42.7 Å². The Kier molecular flexibility index (Phi) is 7.58. The number of sulfonamides is 1. The zero-order valence-electron chi connectivity index (χ0n) is 24.2. The Labute approximate surface area is 258 Å². The van der Waals surface area contributed by atoms with Gasteiger partial charge in [-0.15, -0.1) is 0 Å². The number of nitrogens with zero attached hydrogens (tertiary/aromatic N) is 4. The molecule has 0 saturated carbocycles. The van der Waals surface area contributed by atoms with Crippen molar-refractivity contribution in [2.45, 2.75) is 18.8 Å². The van der Waals surface area contributed by atoms with Crippen LogP contribution < -0.4 is 9.62 Å². The van der Waals surface area contributed by atoms with E-state index in [1.807, 2.05) is 0 Å². The molecule has 1 fully saturated rings. The molecule has 1 atom stereocenters. The van der Waals surface area contributed by atoms with Crippen LogP contribution >= 0.6 is 11.6 Å². The van der Waals surface area contributed by atoms with Gasteiger partial charge in [-0.1, -0.05) is 17.7 Å². The van der Waals surface area contributed by atoms with Crippen LogP contribution in [0.2, 0.25) is 5.15 Å². The Morgan fingerprint density at radius 3 is 2.59 bits per heavy atom. The molecule has 3 aromatic heterocycles. The fraction of sp³-hybridized carbons (Fsp3) is 0.258. The number of furan rings is 1. The second kappa shape index (κ2) is 11.3. The van der Waals surface area contributed by atoms with Crippen molar-refractivity contribution in [1.29, 1.82) is 0 Å². The Morgan fingerprint density at radius 2 is 1.91 bits per heavy atom. The SMILES string of the molecule is CNC(=O)c1c(-c2ccc(F)cc2)oc2cc(N(C)S(C)(=O)=O)c([C@H]3CCCN(C(=O)c4cn5c(Cl)cccc5n4)C3)cc12. The number of pyridine rings is 1. The van der Waals surface area contributed by atoms with Gasteiger partial charge in [0.2, 0.25) is 10.0 Å². The van der Waals surface area contributed by atoms with Gasteiger partial charge in [0.05, 0.1) is 17.5 Å². The number of imidazole rings is 1. The molecule has 10 nitrogen and oxygen atoms in total. The minimum Gasteiger partial charge on any atom is -0.455 e. The van der Waals surface area contributed by atoms with Gasteiger partial charge in [-0.2, -0.15) is 0 Å². The van der Waals surface area contributed by atoms with Gasteiger partial charge in [0.15, 0.2) is 0 Å². The summed E-state index contributed by atoms with van der Waals surface area (Å²) in [4.78, 5) is 33.0. The number of piperidine rings is 1. The van der Waals surface area contributed by atoms with Crippen molar-refractivity contribution in [3.05, 3.63) is 88.6 Å². The first-order valence-corrected chi connectivity index (χ1v) is 16.1. The van der Waals surface area contributed by atoms with Gasteiger partial charge in [0, 0.05) is 56.3 Å². The number of rotatable bonds is 6. The summed E-state index contributed by atoms with van der Waals surface area (Å²) >= 11 is 6.28. The van der Waals surface area contributed by atoms with Crippen molar-refractivity contribution >= 4 is 55.7 Å². The van der Waals surface area contributed by atoms with Gasteiger partial charge in [-0.25, -0.2) is 17.8 Å². The molecule has 0 bridgehead atoms.